The summed E-state index contributed by atoms with van der Waals surface area (Å²) in [6, 6.07) is -0.667. The summed E-state index contributed by atoms with van der Waals surface area (Å²) in [5.41, 5.74) is 4.38. The van der Waals surface area contributed by atoms with Gasteiger partial charge in [0, 0.05) is 35.2 Å². The van der Waals surface area contributed by atoms with Gasteiger partial charge in [0.1, 0.15) is 11.9 Å². The Hall–Kier alpha value is -1.36. The maximum atomic E-state index is 13.2. The molecule has 1 saturated heterocycles. The summed E-state index contributed by atoms with van der Waals surface area (Å²) in [4.78, 5) is 10.1. The van der Waals surface area contributed by atoms with Crippen LogP contribution in [0.15, 0.2) is 32.2 Å². The summed E-state index contributed by atoms with van der Waals surface area (Å²) in [6.07, 6.45) is 0.459. The number of thiol groups is 1. The van der Waals surface area contributed by atoms with E-state index in [0.29, 0.717) is 24.0 Å². The minimum Gasteiger partial charge on any atom is -0.355 e. The van der Waals surface area contributed by atoms with Gasteiger partial charge in [-0.15, -0.1) is 4.41 Å². The number of hydrogen-bond donors (Lipinski definition) is 2. The molecule has 1 saturated carbocycles. The molecule has 0 amide bonds. The molecular formula is C16H20ClF2N5O2S. The SMILES string of the molecule is CNN(C1CC2(C1)CN(C1=NC(C(F)F)=NC3C(Cl)=CC(C)=C13)C2)[SH](=O)=O. The van der Waals surface area contributed by atoms with E-state index in [9.17, 15) is 17.2 Å². The molecule has 1 unspecified atom stereocenters. The van der Waals surface area contributed by atoms with Crippen molar-refractivity contribution in [2.24, 2.45) is 15.4 Å². The first-order chi connectivity index (χ1) is 12.7. The average molecular weight is 420 g/mol. The number of rotatable bonds is 4. The number of hydrazine groups is 1. The lowest BCUT2D eigenvalue weighted by molar-refractivity contribution is -0.0678. The first-order valence-corrected chi connectivity index (χ1v) is 10.1. The number of allylic oxidation sites excluding steroid dienone is 2. The van der Waals surface area contributed by atoms with Crippen LogP contribution in [0.25, 0.3) is 0 Å². The molecule has 1 spiro atoms. The van der Waals surface area contributed by atoms with Crippen LogP contribution in [0.1, 0.15) is 19.8 Å². The maximum Gasteiger partial charge on any atom is 0.297 e. The van der Waals surface area contributed by atoms with Gasteiger partial charge in [-0.25, -0.2) is 27.6 Å². The van der Waals surface area contributed by atoms with E-state index < -0.39 is 29.2 Å². The molecule has 2 fully saturated rings. The van der Waals surface area contributed by atoms with Gasteiger partial charge < -0.3 is 4.90 Å². The third kappa shape index (κ3) is 3.02. The van der Waals surface area contributed by atoms with Crippen LogP contribution >= 0.6 is 11.6 Å². The Bertz CT molecular complexity index is 860. The second kappa shape index (κ2) is 6.61. The Kier molecular flexibility index (Phi) is 4.65. The number of hydrogen-bond acceptors (Lipinski definition) is 6. The molecule has 2 aliphatic heterocycles. The van der Waals surface area contributed by atoms with Crippen molar-refractivity contribution in [3.63, 3.8) is 0 Å². The van der Waals surface area contributed by atoms with Crippen molar-refractivity contribution in [2.45, 2.75) is 38.3 Å². The summed E-state index contributed by atoms with van der Waals surface area (Å²) in [6.45, 7) is 3.20. The Morgan fingerprint density at radius 2 is 2.07 bits per heavy atom. The predicted octanol–water partition coefficient (Wildman–Crippen LogP) is 1.31. The minimum absolute atomic E-state index is 0.00695. The Labute approximate surface area is 162 Å². The molecule has 2 aliphatic carbocycles. The lowest BCUT2D eigenvalue weighted by Gasteiger charge is -2.61. The number of likely N-dealkylation sites (tertiary alicyclic amines) is 1. The summed E-state index contributed by atoms with van der Waals surface area (Å²) >= 11 is 6.20. The fraction of sp³-hybridized carbons (Fsp3) is 0.625. The minimum atomic E-state index is -2.76. The lowest BCUT2D eigenvalue weighted by Crippen LogP contribution is -2.68. The largest absolute Gasteiger partial charge is 0.355 e. The van der Waals surface area contributed by atoms with Gasteiger partial charge in [-0.05, 0) is 38.5 Å². The topological polar surface area (TPSA) is 77.4 Å². The van der Waals surface area contributed by atoms with E-state index in [1.165, 1.54) is 4.41 Å². The summed E-state index contributed by atoms with van der Waals surface area (Å²) in [5.74, 6) is 0.0290. The Morgan fingerprint density at radius 1 is 1.41 bits per heavy atom. The molecule has 0 aromatic rings. The van der Waals surface area contributed by atoms with E-state index in [-0.39, 0.29) is 11.5 Å². The predicted molar refractivity (Wildman–Crippen MR) is 99.5 cm³/mol. The zero-order chi connectivity index (χ0) is 19.5. The van der Waals surface area contributed by atoms with Gasteiger partial charge in [0.2, 0.25) is 10.9 Å². The quantitative estimate of drug-likeness (QED) is 0.532. The van der Waals surface area contributed by atoms with Crippen molar-refractivity contribution in [1.29, 1.82) is 0 Å². The first kappa shape index (κ1) is 19.0. The molecule has 1 atom stereocenters. The van der Waals surface area contributed by atoms with Crippen molar-refractivity contribution in [3.8, 4) is 0 Å². The van der Waals surface area contributed by atoms with Crippen LogP contribution in [0.4, 0.5) is 8.78 Å². The average Bonchev–Trinajstić information content (AvgIpc) is 2.82. The normalized spacial score (nSPS) is 27.0. The van der Waals surface area contributed by atoms with Gasteiger partial charge in [-0.1, -0.05) is 11.6 Å². The molecule has 11 heteroatoms. The van der Waals surface area contributed by atoms with Crippen LogP contribution in [0.2, 0.25) is 0 Å². The molecule has 0 aromatic carbocycles. The van der Waals surface area contributed by atoms with Crippen molar-refractivity contribution in [2.75, 3.05) is 20.1 Å². The molecule has 0 radical (unpaired) electrons. The molecule has 7 nitrogen and oxygen atoms in total. The highest BCUT2D eigenvalue weighted by molar-refractivity contribution is 7.69. The third-order valence-electron chi connectivity index (χ3n) is 5.67. The third-order valence-corrected chi connectivity index (χ3v) is 6.87. The molecule has 27 heavy (non-hydrogen) atoms. The molecule has 4 aliphatic rings. The highest BCUT2D eigenvalue weighted by Gasteiger charge is 2.56. The van der Waals surface area contributed by atoms with Gasteiger partial charge in [-0.2, -0.15) is 0 Å². The van der Waals surface area contributed by atoms with Crippen molar-refractivity contribution in [3.05, 3.63) is 22.3 Å². The van der Waals surface area contributed by atoms with E-state index in [1.54, 1.807) is 13.1 Å². The fourth-order valence-corrected chi connectivity index (χ4v) is 5.41. The van der Waals surface area contributed by atoms with Gasteiger partial charge in [-0.3, -0.25) is 4.99 Å². The van der Waals surface area contributed by atoms with Gasteiger partial charge >= 0.3 is 0 Å². The zero-order valence-electron chi connectivity index (χ0n) is 14.8. The highest BCUT2D eigenvalue weighted by atomic mass is 35.5. The standard InChI is InChI=1S/C16H20ClF2N5O2S/c1-8-3-10(17)12-11(8)15(22-14(21-12)13(18)19)23-6-16(7-23)4-9(5-16)24(20-2)27(25)26/h3,9,12-13,20,27H,4-7H2,1-2H3. The Morgan fingerprint density at radius 3 is 2.63 bits per heavy atom. The van der Waals surface area contributed by atoms with Crippen molar-refractivity contribution < 1.29 is 17.2 Å². The van der Waals surface area contributed by atoms with Crippen LogP contribution in [-0.2, 0) is 10.9 Å². The van der Waals surface area contributed by atoms with Crippen LogP contribution in [-0.4, -0.2) is 68.0 Å². The van der Waals surface area contributed by atoms with E-state index in [2.05, 4.69) is 15.4 Å². The lowest BCUT2D eigenvalue weighted by atomic mass is 9.60. The first-order valence-electron chi connectivity index (χ1n) is 8.63. The molecule has 148 valence electrons. The summed E-state index contributed by atoms with van der Waals surface area (Å²) < 4.78 is 50.2. The van der Waals surface area contributed by atoms with E-state index in [4.69, 9.17) is 11.6 Å². The maximum absolute atomic E-state index is 13.2. The zero-order valence-corrected chi connectivity index (χ0v) is 16.5. The number of nitrogens with one attached hydrogen (secondary N) is 1. The molecule has 0 aromatic heterocycles. The van der Waals surface area contributed by atoms with E-state index >= 15 is 0 Å². The number of fused-ring (bicyclic) bond motifs is 1. The fourth-order valence-electron chi connectivity index (χ4n) is 4.50. The highest BCUT2D eigenvalue weighted by Crippen LogP contribution is 2.51. The number of aliphatic imine (C=N–C) groups is 2. The molecule has 0 bridgehead atoms. The molecule has 4 rings (SSSR count). The van der Waals surface area contributed by atoms with Gasteiger partial charge in [0.05, 0.1) is 0 Å². The Balaban J connectivity index is 1.49. The number of amidine groups is 2. The van der Waals surface area contributed by atoms with E-state index in [0.717, 1.165) is 24.0 Å². The molecule has 2 heterocycles. The van der Waals surface area contributed by atoms with Crippen molar-refractivity contribution in [1.82, 2.24) is 14.7 Å². The van der Waals surface area contributed by atoms with E-state index in [1.807, 2.05) is 11.8 Å². The van der Waals surface area contributed by atoms with Gasteiger partial charge in [0.15, 0.2) is 5.84 Å². The smallest absolute Gasteiger partial charge is 0.297 e. The second-order valence-electron chi connectivity index (χ2n) is 7.48. The van der Waals surface area contributed by atoms with Crippen LogP contribution < -0.4 is 5.43 Å². The number of halogens is 3. The number of alkyl halides is 2. The molecular weight excluding hydrogens is 400 g/mol. The summed E-state index contributed by atoms with van der Waals surface area (Å²) in [7, 11) is -1.10. The molecule has 1 N–H and O–H groups in total. The summed E-state index contributed by atoms with van der Waals surface area (Å²) in [5, 5.41) is 0.427. The van der Waals surface area contributed by atoms with Crippen LogP contribution in [0.3, 0.4) is 0 Å². The second-order valence-corrected chi connectivity index (χ2v) is 8.82. The number of nitrogens with zero attached hydrogens (tertiary/aromatic N) is 4. The monoisotopic (exact) mass is 419 g/mol. The van der Waals surface area contributed by atoms with Crippen molar-refractivity contribution >= 4 is 34.2 Å². The van der Waals surface area contributed by atoms with Crippen LogP contribution in [0.5, 0.6) is 0 Å². The van der Waals surface area contributed by atoms with Crippen LogP contribution in [0, 0.1) is 5.41 Å². The van der Waals surface area contributed by atoms with Gasteiger partial charge in [0.25, 0.3) is 6.43 Å².